The molecule has 0 saturated heterocycles. The molecule has 1 aromatic carbocycles. The molecule has 0 saturated carbocycles. The van der Waals surface area contributed by atoms with Crippen LogP contribution in [0.15, 0.2) is 24.3 Å². The van der Waals surface area contributed by atoms with E-state index in [1.54, 1.807) is 19.2 Å². The first kappa shape index (κ1) is 11.1. The van der Waals surface area contributed by atoms with Crippen molar-refractivity contribution in [3.8, 4) is 0 Å². The fourth-order valence-electron chi connectivity index (χ4n) is 1.57. The Balaban J connectivity index is 3.05. The van der Waals surface area contributed by atoms with Gasteiger partial charge in [-0.1, -0.05) is 19.1 Å². The summed E-state index contributed by atoms with van der Waals surface area (Å²) in [4.78, 5) is 0. The van der Waals surface area contributed by atoms with Crippen LogP contribution in [0.3, 0.4) is 0 Å². The van der Waals surface area contributed by atoms with Gasteiger partial charge in [0.05, 0.1) is 0 Å². The predicted molar refractivity (Wildman–Crippen MR) is 54.4 cm³/mol. The molecular formula is C11H16FNO. The molecule has 0 aliphatic rings. The number of rotatable bonds is 4. The van der Waals surface area contributed by atoms with Crippen molar-refractivity contribution in [1.82, 2.24) is 0 Å². The Morgan fingerprint density at radius 2 is 1.93 bits per heavy atom. The van der Waals surface area contributed by atoms with Crippen LogP contribution in [-0.4, -0.2) is 13.7 Å². The van der Waals surface area contributed by atoms with Gasteiger partial charge in [-0.25, -0.2) is 4.39 Å². The largest absolute Gasteiger partial charge is 0.372 e. The lowest BCUT2D eigenvalue weighted by Gasteiger charge is -2.30. The third-order valence-corrected chi connectivity index (χ3v) is 2.66. The lowest BCUT2D eigenvalue weighted by molar-refractivity contribution is -0.0103. The molecule has 3 heteroatoms. The van der Waals surface area contributed by atoms with Crippen molar-refractivity contribution in [3.05, 3.63) is 35.6 Å². The van der Waals surface area contributed by atoms with E-state index >= 15 is 0 Å². The maximum absolute atomic E-state index is 12.7. The van der Waals surface area contributed by atoms with Gasteiger partial charge in [-0.15, -0.1) is 0 Å². The summed E-state index contributed by atoms with van der Waals surface area (Å²) >= 11 is 0. The van der Waals surface area contributed by atoms with Crippen molar-refractivity contribution in [2.75, 3.05) is 13.7 Å². The van der Waals surface area contributed by atoms with Gasteiger partial charge in [-0.05, 0) is 24.1 Å². The van der Waals surface area contributed by atoms with Crippen LogP contribution >= 0.6 is 0 Å². The first-order chi connectivity index (χ1) is 6.68. The maximum Gasteiger partial charge on any atom is 0.123 e. The zero-order chi connectivity index (χ0) is 10.6. The van der Waals surface area contributed by atoms with Crippen LogP contribution in [0.1, 0.15) is 18.9 Å². The van der Waals surface area contributed by atoms with E-state index in [1.165, 1.54) is 12.1 Å². The highest BCUT2D eigenvalue weighted by Gasteiger charge is 2.28. The molecule has 1 aromatic rings. The normalized spacial score (nSPS) is 15.1. The minimum atomic E-state index is -0.478. The zero-order valence-corrected chi connectivity index (χ0v) is 8.59. The van der Waals surface area contributed by atoms with Crippen molar-refractivity contribution in [3.63, 3.8) is 0 Å². The minimum Gasteiger partial charge on any atom is -0.372 e. The van der Waals surface area contributed by atoms with E-state index in [1.807, 2.05) is 6.92 Å². The highest BCUT2D eigenvalue weighted by Crippen LogP contribution is 2.27. The average Bonchev–Trinajstić information content (AvgIpc) is 2.24. The fraction of sp³-hybridized carbons (Fsp3) is 0.455. The smallest absolute Gasteiger partial charge is 0.123 e. The Bertz CT molecular complexity index is 272. The minimum absolute atomic E-state index is 0.244. The number of methoxy groups -OCH3 is 1. The molecule has 0 aliphatic heterocycles. The molecule has 0 aliphatic carbocycles. The fourth-order valence-corrected chi connectivity index (χ4v) is 1.57. The van der Waals surface area contributed by atoms with Gasteiger partial charge < -0.3 is 10.5 Å². The van der Waals surface area contributed by atoms with Crippen molar-refractivity contribution >= 4 is 0 Å². The van der Waals surface area contributed by atoms with Crippen molar-refractivity contribution in [2.45, 2.75) is 18.9 Å². The van der Waals surface area contributed by atoms with Gasteiger partial charge in [0, 0.05) is 13.7 Å². The quantitative estimate of drug-likeness (QED) is 0.801. The van der Waals surface area contributed by atoms with Gasteiger partial charge in [0.15, 0.2) is 0 Å². The Morgan fingerprint density at radius 3 is 2.29 bits per heavy atom. The highest BCUT2D eigenvalue weighted by molar-refractivity contribution is 5.23. The summed E-state index contributed by atoms with van der Waals surface area (Å²) in [6.45, 7) is 2.39. The van der Waals surface area contributed by atoms with E-state index in [0.29, 0.717) is 6.54 Å². The molecule has 14 heavy (non-hydrogen) atoms. The van der Waals surface area contributed by atoms with Gasteiger partial charge in [-0.2, -0.15) is 0 Å². The summed E-state index contributed by atoms with van der Waals surface area (Å²) in [5, 5.41) is 0. The van der Waals surface area contributed by atoms with E-state index < -0.39 is 5.60 Å². The average molecular weight is 197 g/mol. The molecule has 2 N–H and O–H groups in total. The van der Waals surface area contributed by atoms with Crippen molar-refractivity contribution in [2.24, 2.45) is 5.73 Å². The van der Waals surface area contributed by atoms with Gasteiger partial charge in [0.1, 0.15) is 11.4 Å². The lowest BCUT2D eigenvalue weighted by atomic mass is 9.91. The third kappa shape index (κ3) is 1.94. The van der Waals surface area contributed by atoms with Crippen molar-refractivity contribution < 1.29 is 9.13 Å². The van der Waals surface area contributed by atoms with E-state index in [9.17, 15) is 4.39 Å². The molecule has 0 amide bonds. The second kappa shape index (κ2) is 4.53. The monoisotopic (exact) mass is 197 g/mol. The summed E-state index contributed by atoms with van der Waals surface area (Å²) in [6, 6.07) is 6.28. The van der Waals surface area contributed by atoms with Crippen LogP contribution in [-0.2, 0) is 10.3 Å². The number of ether oxygens (including phenoxy) is 1. The van der Waals surface area contributed by atoms with Crippen LogP contribution in [0.25, 0.3) is 0 Å². The van der Waals surface area contributed by atoms with Gasteiger partial charge in [-0.3, -0.25) is 0 Å². The maximum atomic E-state index is 12.7. The molecule has 0 heterocycles. The summed E-state index contributed by atoms with van der Waals surface area (Å²) in [5.74, 6) is -0.244. The first-order valence-electron chi connectivity index (χ1n) is 4.70. The molecule has 1 atom stereocenters. The number of halogens is 1. The van der Waals surface area contributed by atoms with Crippen LogP contribution in [0.2, 0.25) is 0 Å². The summed E-state index contributed by atoms with van der Waals surface area (Å²) in [5.41, 5.74) is 6.12. The second-order valence-electron chi connectivity index (χ2n) is 3.26. The third-order valence-electron chi connectivity index (χ3n) is 2.66. The van der Waals surface area contributed by atoms with Gasteiger partial charge in [0.25, 0.3) is 0 Å². The summed E-state index contributed by atoms with van der Waals surface area (Å²) < 4.78 is 18.1. The molecule has 1 rings (SSSR count). The van der Waals surface area contributed by atoms with Crippen LogP contribution < -0.4 is 5.73 Å². The molecule has 0 spiro atoms. The number of nitrogens with two attached hydrogens (primary N) is 1. The molecule has 2 nitrogen and oxygen atoms in total. The Kier molecular flexibility index (Phi) is 3.61. The number of hydrogen-bond donors (Lipinski definition) is 1. The number of hydrogen-bond acceptors (Lipinski definition) is 2. The standard InChI is InChI=1S/C11H16FNO/c1-3-11(8-13,14-2)9-4-6-10(12)7-5-9/h4-7H,3,8,13H2,1-2H3. The van der Waals surface area contributed by atoms with Gasteiger partial charge in [0.2, 0.25) is 0 Å². The van der Waals surface area contributed by atoms with E-state index in [-0.39, 0.29) is 5.82 Å². The summed E-state index contributed by atoms with van der Waals surface area (Å²) in [6.07, 6.45) is 0.769. The molecular weight excluding hydrogens is 181 g/mol. The predicted octanol–water partition coefficient (Wildman–Crippen LogP) is 2.04. The van der Waals surface area contributed by atoms with Crippen LogP contribution in [0.4, 0.5) is 4.39 Å². The Labute approximate surface area is 83.9 Å². The second-order valence-corrected chi connectivity index (χ2v) is 3.26. The molecule has 0 radical (unpaired) electrons. The summed E-state index contributed by atoms with van der Waals surface area (Å²) in [7, 11) is 1.62. The Morgan fingerprint density at radius 1 is 1.36 bits per heavy atom. The lowest BCUT2D eigenvalue weighted by Crippen LogP contribution is -2.36. The van der Waals surface area contributed by atoms with Crippen LogP contribution in [0.5, 0.6) is 0 Å². The van der Waals surface area contributed by atoms with E-state index in [2.05, 4.69) is 0 Å². The van der Waals surface area contributed by atoms with Crippen molar-refractivity contribution in [1.29, 1.82) is 0 Å². The van der Waals surface area contributed by atoms with Crippen LogP contribution in [0, 0.1) is 5.82 Å². The Hall–Kier alpha value is -0.930. The van der Waals surface area contributed by atoms with Gasteiger partial charge >= 0.3 is 0 Å². The molecule has 0 bridgehead atoms. The SMILES string of the molecule is CCC(CN)(OC)c1ccc(F)cc1. The number of benzene rings is 1. The topological polar surface area (TPSA) is 35.2 Å². The van der Waals surface area contributed by atoms with E-state index in [0.717, 1.165) is 12.0 Å². The molecule has 0 aromatic heterocycles. The molecule has 1 unspecified atom stereocenters. The highest BCUT2D eigenvalue weighted by atomic mass is 19.1. The zero-order valence-electron chi connectivity index (χ0n) is 8.59. The first-order valence-corrected chi connectivity index (χ1v) is 4.70. The molecule has 0 fully saturated rings. The molecule has 78 valence electrons. The van der Waals surface area contributed by atoms with E-state index in [4.69, 9.17) is 10.5 Å².